The van der Waals surface area contributed by atoms with Crippen LogP contribution in [0.2, 0.25) is 10.0 Å². The predicted molar refractivity (Wildman–Crippen MR) is 102 cm³/mol. The summed E-state index contributed by atoms with van der Waals surface area (Å²) in [4.78, 5) is 0. The normalized spacial score (nSPS) is 33.6. The van der Waals surface area contributed by atoms with E-state index < -0.39 is 37.0 Å². The van der Waals surface area contributed by atoms with Crippen molar-refractivity contribution in [1.82, 2.24) is 0 Å². The van der Waals surface area contributed by atoms with Gasteiger partial charge in [-0.3, -0.25) is 0 Å². The fourth-order valence-electron chi connectivity index (χ4n) is 3.30. The number of aliphatic hydroxyl groups is 2. The van der Waals surface area contributed by atoms with Crippen molar-refractivity contribution >= 4 is 23.2 Å². The maximum absolute atomic E-state index is 10.6. The minimum absolute atomic E-state index is 0.0366. The van der Waals surface area contributed by atoms with Crippen molar-refractivity contribution in [1.29, 1.82) is 0 Å². The van der Waals surface area contributed by atoms with Gasteiger partial charge in [-0.2, -0.15) is 0 Å². The van der Waals surface area contributed by atoms with Crippen molar-refractivity contribution in [2.24, 2.45) is 0 Å². The Balaban J connectivity index is 1.62. The molecule has 6 nitrogen and oxygen atoms in total. The average Bonchev–Trinajstić information content (AvgIpc) is 2.78. The summed E-state index contributed by atoms with van der Waals surface area (Å²) in [6.45, 7) is -0.0731. The predicted octanol–water partition coefficient (Wildman–Crippen LogP) is 3.24. The third-order valence-corrected chi connectivity index (χ3v) is 5.54. The van der Waals surface area contributed by atoms with E-state index in [4.69, 9.17) is 42.1 Å². The number of hydrogen-bond acceptors (Lipinski definition) is 6. The van der Waals surface area contributed by atoms with Gasteiger partial charge in [-0.1, -0.05) is 59.6 Å². The highest BCUT2D eigenvalue weighted by molar-refractivity contribution is 6.31. The Kier molecular flexibility index (Phi) is 6.20. The van der Waals surface area contributed by atoms with Crippen molar-refractivity contribution in [2.45, 2.75) is 37.0 Å². The number of ether oxygens (including phenoxy) is 4. The number of halogens is 2. The van der Waals surface area contributed by atoms with Gasteiger partial charge in [-0.15, -0.1) is 0 Å². The molecular formula is C20H20Cl2O6. The lowest BCUT2D eigenvalue weighted by molar-refractivity contribution is -0.252. The number of aliphatic hydroxyl groups excluding tert-OH is 2. The van der Waals surface area contributed by atoms with E-state index in [2.05, 4.69) is 0 Å². The van der Waals surface area contributed by atoms with Crippen molar-refractivity contribution in [3.63, 3.8) is 0 Å². The van der Waals surface area contributed by atoms with Crippen LogP contribution in [0.4, 0.5) is 0 Å². The Hall–Kier alpha value is -1.22. The summed E-state index contributed by atoms with van der Waals surface area (Å²) in [6, 6.07) is 14.3. The van der Waals surface area contributed by atoms with E-state index in [9.17, 15) is 10.2 Å². The van der Waals surface area contributed by atoms with Gasteiger partial charge < -0.3 is 29.2 Å². The molecule has 2 aliphatic heterocycles. The molecule has 2 aromatic carbocycles. The van der Waals surface area contributed by atoms with E-state index in [0.29, 0.717) is 21.2 Å². The van der Waals surface area contributed by atoms with Gasteiger partial charge in [0.25, 0.3) is 0 Å². The second kappa shape index (κ2) is 8.65. The van der Waals surface area contributed by atoms with E-state index >= 15 is 0 Å². The Morgan fingerprint density at radius 1 is 0.679 bits per heavy atom. The zero-order chi connectivity index (χ0) is 19.7. The third kappa shape index (κ3) is 4.06. The summed E-state index contributed by atoms with van der Waals surface area (Å²) >= 11 is 12.5. The zero-order valence-corrected chi connectivity index (χ0v) is 16.3. The second-order valence-corrected chi connectivity index (χ2v) is 7.52. The van der Waals surface area contributed by atoms with Gasteiger partial charge in [0.2, 0.25) is 0 Å². The molecule has 2 aliphatic rings. The first-order valence-corrected chi connectivity index (χ1v) is 9.69. The fraction of sp³-hybridized carbons (Fsp3) is 0.400. The molecule has 2 saturated heterocycles. The first kappa shape index (κ1) is 20.1. The molecule has 0 aromatic heterocycles. The molecule has 2 N–H and O–H groups in total. The number of hydrogen-bond donors (Lipinski definition) is 2. The van der Waals surface area contributed by atoms with Crippen molar-refractivity contribution in [3.8, 4) is 0 Å². The lowest BCUT2D eigenvalue weighted by Gasteiger charge is -2.29. The van der Waals surface area contributed by atoms with Crippen LogP contribution in [-0.4, -0.2) is 47.8 Å². The molecule has 0 radical (unpaired) electrons. The van der Waals surface area contributed by atoms with Crippen molar-refractivity contribution in [2.75, 3.05) is 13.2 Å². The summed E-state index contributed by atoms with van der Waals surface area (Å²) in [5, 5.41) is 22.1. The van der Waals surface area contributed by atoms with Crippen LogP contribution in [0.15, 0.2) is 48.5 Å². The molecule has 0 spiro atoms. The van der Waals surface area contributed by atoms with Crippen LogP contribution in [-0.2, 0) is 18.9 Å². The fourth-order valence-corrected chi connectivity index (χ4v) is 3.75. The first-order chi connectivity index (χ1) is 13.5. The van der Waals surface area contributed by atoms with Crippen molar-refractivity contribution < 1.29 is 29.2 Å². The van der Waals surface area contributed by atoms with Crippen LogP contribution >= 0.6 is 23.2 Å². The third-order valence-electron chi connectivity index (χ3n) is 4.85. The van der Waals surface area contributed by atoms with Crippen molar-refractivity contribution in [3.05, 3.63) is 69.7 Å². The largest absolute Gasteiger partial charge is 0.387 e. The maximum Gasteiger partial charge on any atom is 0.186 e. The number of benzene rings is 2. The molecule has 6 atom stereocenters. The Bertz CT molecular complexity index is 797. The SMILES string of the molecule is O[C@@H]1[C@@H](O)[C@H]2COC(c3ccccc3Cl)OC[C@@H]1OC(c1ccccc1Cl)O2. The molecular weight excluding hydrogens is 407 g/mol. The number of fused-ring (bicyclic) bond motifs is 3. The zero-order valence-electron chi connectivity index (χ0n) is 14.8. The van der Waals surface area contributed by atoms with E-state index in [-0.39, 0.29) is 13.2 Å². The minimum Gasteiger partial charge on any atom is -0.387 e. The highest BCUT2D eigenvalue weighted by Gasteiger charge is 2.43. The van der Waals surface area contributed by atoms with Crippen LogP contribution in [0.5, 0.6) is 0 Å². The standard InChI is InChI=1S/C20H20Cl2O6/c21-13-7-3-1-5-11(13)19-25-9-15-17(23)18(24)16(10-26-19)28-20(27-15)12-6-2-4-8-14(12)22/h1-8,15-20,23-24H,9-10H2/t15-,16+,17-,18-,19?,20?/m0/s1. The maximum atomic E-state index is 10.6. The molecule has 4 rings (SSSR count). The summed E-state index contributed by atoms with van der Waals surface area (Å²) in [5.41, 5.74) is 1.25. The van der Waals surface area contributed by atoms with Crippen LogP contribution in [0, 0.1) is 0 Å². The van der Waals surface area contributed by atoms with Gasteiger partial charge >= 0.3 is 0 Å². The summed E-state index contributed by atoms with van der Waals surface area (Å²) in [6.07, 6.45) is -5.79. The van der Waals surface area contributed by atoms with Gasteiger partial charge in [0.05, 0.1) is 13.2 Å². The van der Waals surface area contributed by atoms with Crippen LogP contribution in [0.1, 0.15) is 23.7 Å². The Morgan fingerprint density at radius 2 is 1.11 bits per heavy atom. The molecule has 28 heavy (non-hydrogen) atoms. The number of rotatable bonds is 2. The van der Waals surface area contributed by atoms with Crippen LogP contribution < -0.4 is 0 Å². The van der Waals surface area contributed by atoms with E-state index in [1.54, 1.807) is 30.3 Å². The topological polar surface area (TPSA) is 77.4 Å². The molecule has 0 aliphatic carbocycles. The summed E-state index contributed by atoms with van der Waals surface area (Å²) < 4.78 is 23.6. The average molecular weight is 427 g/mol. The Morgan fingerprint density at radius 3 is 1.57 bits per heavy atom. The van der Waals surface area contributed by atoms with E-state index in [0.717, 1.165) is 0 Å². The van der Waals surface area contributed by atoms with E-state index in [1.807, 2.05) is 18.2 Å². The molecule has 0 amide bonds. The molecule has 150 valence electrons. The smallest absolute Gasteiger partial charge is 0.186 e. The molecule has 2 bridgehead atoms. The molecule has 2 aromatic rings. The molecule has 2 unspecified atom stereocenters. The molecule has 8 heteroatoms. The molecule has 2 heterocycles. The van der Waals surface area contributed by atoms with Crippen LogP contribution in [0.3, 0.4) is 0 Å². The molecule has 0 saturated carbocycles. The molecule has 2 fully saturated rings. The highest BCUT2D eigenvalue weighted by Crippen LogP contribution is 2.36. The van der Waals surface area contributed by atoms with Gasteiger partial charge in [0.15, 0.2) is 12.6 Å². The summed E-state index contributed by atoms with van der Waals surface area (Å²) in [5.74, 6) is 0. The quantitative estimate of drug-likeness (QED) is 0.767. The van der Waals surface area contributed by atoms with Gasteiger partial charge in [-0.05, 0) is 12.1 Å². The second-order valence-electron chi connectivity index (χ2n) is 6.70. The summed E-state index contributed by atoms with van der Waals surface area (Å²) in [7, 11) is 0. The monoisotopic (exact) mass is 426 g/mol. The lowest BCUT2D eigenvalue weighted by Crippen LogP contribution is -2.45. The lowest BCUT2D eigenvalue weighted by atomic mass is 10.0. The van der Waals surface area contributed by atoms with E-state index in [1.165, 1.54) is 0 Å². The highest BCUT2D eigenvalue weighted by atomic mass is 35.5. The van der Waals surface area contributed by atoms with Gasteiger partial charge in [0, 0.05) is 21.2 Å². The van der Waals surface area contributed by atoms with Crippen LogP contribution in [0.25, 0.3) is 0 Å². The minimum atomic E-state index is -1.22. The first-order valence-electron chi connectivity index (χ1n) is 8.93. The van der Waals surface area contributed by atoms with Gasteiger partial charge in [0.1, 0.15) is 24.4 Å². The van der Waals surface area contributed by atoms with Gasteiger partial charge in [-0.25, -0.2) is 0 Å². The Labute approximate surface area is 172 Å².